The Morgan fingerprint density at radius 3 is 1.46 bits per heavy atom. The summed E-state index contributed by atoms with van der Waals surface area (Å²) >= 11 is 0. The highest BCUT2D eigenvalue weighted by Gasteiger charge is 2.23. The van der Waals surface area contributed by atoms with E-state index in [9.17, 15) is 23.6 Å². The molecule has 2 aromatic heterocycles. The van der Waals surface area contributed by atoms with Crippen LogP contribution in [0.5, 0.6) is 11.5 Å². The number of carboxylic acid groups (broad SMARTS) is 2. The van der Waals surface area contributed by atoms with Crippen molar-refractivity contribution in [2.75, 3.05) is 13.2 Å². The van der Waals surface area contributed by atoms with Gasteiger partial charge in [0.1, 0.15) is 17.3 Å². The number of fused-ring (bicyclic) bond motifs is 6. The number of benzene rings is 6. The average molecular weight is 767 g/mol. The first-order valence-electron chi connectivity index (χ1n) is 17.7. The molecule has 0 aliphatic heterocycles. The molecule has 0 spiro atoms. The van der Waals surface area contributed by atoms with Gasteiger partial charge in [0.05, 0.1) is 32.8 Å². The molecule has 286 valence electrons. The van der Waals surface area contributed by atoms with E-state index in [4.69, 9.17) is 31.2 Å². The van der Waals surface area contributed by atoms with Crippen molar-refractivity contribution in [2.45, 2.75) is 13.1 Å². The Morgan fingerprint density at radius 2 is 0.947 bits per heavy atom. The molecule has 0 unspecified atom stereocenters. The van der Waals surface area contributed by atoms with Gasteiger partial charge < -0.3 is 40.3 Å². The van der Waals surface area contributed by atoms with Crippen LogP contribution in [0.15, 0.2) is 127 Å². The number of amides is 2. The van der Waals surface area contributed by atoms with Gasteiger partial charge in [-0.15, -0.1) is 0 Å². The summed E-state index contributed by atoms with van der Waals surface area (Å²) in [4.78, 5) is 46.1. The number of halogens is 1. The zero-order valence-electron chi connectivity index (χ0n) is 30.2. The Labute approximate surface area is 323 Å². The summed E-state index contributed by atoms with van der Waals surface area (Å²) in [7, 11) is 0. The SMILES string of the molecule is NC(=O)c1cccc2c1c1c(OCC(=O)O)ccc(F)c1n2Cc1ccccc1.NC(=O)c1cccc2c1c1c(OCC(=O)O)cccc1n2Cc1ccccc1. The third kappa shape index (κ3) is 7.54. The zero-order valence-corrected chi connectivity index (χ0v) is 30.2. The minimum atomic E-state index is -1.16. The number of aromatic nitrogens is 2. The van der Waals surface area contributed by atoms with Crippen molar-refractivity contribution in [3.8, 4) is 11.5 Å². The van der Waals surface area contributed by atoms with Crippen LogP contribution in [0.25, 0.3) is 43.6 Å². The van der Waals surface area contributed by atoms with Gasteiger partial charge in [-0.1, -0.05) is 78.9 Å². The number of hydrogen-bond acceptors (Lipinski definition) is 6. The standard InChI is InChI=1S/C22H17FN2O4.C22H18N2O4/c23-15-9-10-17(29-12-18(26)27)20-19-14(22(24)28)7-4-8-16(19)25(21(15)20)11-13-5-2-1-3-6-13;23-22(27)15-8-4-9-16-20(15)21-17(10-5-11-18(21)28-13-19(25)26)24(16)12-14-6-2-1-3-7-14/h1-10H,11-12H2,(H2,24,28)(H,26,27);1-11H,12-13H2,(H2,23,27)(H,25,26). The number of rotatable bonds is 12. The van der Waals surface area contributed by atoms with E-state index in [0.717, 1.165) is 22.2 Å². The monoisotopic (exact) mass is 766 g/mol. The second-order valence-corrected chi connectivity index (χ2v) is 13.1. The fourth-order valence-corrected chi connectivity index (χ4v) is 7.15. The third-order valence-electron chi connectivity index (χ3n) is 9.42. The number of carbonyl (C=O) groups excluding carboxylic acids is 2. The Balaban J connectivity index is 0.000000174. The molecule has 0 aliphatic carbocycles. The molecule has 57 heavy (non-hydrogen) atoms. The van der Waals surface area contributed by atoms with Crippen molar-refractivity contribution in [3.63, 3.8) is 0 Å². The van der Waals surface area contributed by atoms with Gasteiger partial charge in [0.25, 0.3) is 0 Å². The first-order chi connectivity index (χ1) is 27.5. The molecule has 0 radical (unpaired) electrons. The summed E-state index contributed by atoms with van der Waals surface area (Å²) in [5.74, 6) is -3.36. The molecule has 2 amide bonds. The second kappa shape index (κ2) is 16.0. The molecular formula is C44H35FN4O8. The van der Waals surface area contributed by atoms with Crippen molar-refractivity contribution in [2.24, 2.45) is 11.5 Å². The number of nitrogens with zero attached hydrogens (tertiary/aromatic N) is 2. The van der Waals surface area contributed by atoms with Gasteiger partial charge in [0.15, 0.2) is 13.2 Å². The molecule has 0 saturated heterocycles. The largest absolute Gasteiger partial charge is 0.481 e. The van der Waals surface area contributed by atoms with Crippen LogP contribution in [-0.2, 0) is 22.7 Å². The maximum absolute atomic E-state index is 15.0. The number of hydrogen-bond donors (Lipinski definition) is 4. The van der Waals surface area contributed by atoms with Crippen LogP contribution in [0.3, 0.4) is 0 Å². The lowest BCUT2D eigenvalue weighted by molar-refractivity contribution is -0.140. The number of carbonyl (C=O) groups is 4. The van der Waals surface area contributed by atoms with Crippen molar-refractivity contribution in [1.82, 2.24) is 9.13 Å². The molecule has 6 aromatic carbocycles. The van der Waals surface area contributed by atoms with E-state index in [1.54, 1.807) is 41.0 Å². The third-order valence-corrected chi connectivity index (χ3v) is 9.42. The molecule has 8 aromatic rings. The predicted molar refractivity (Wildman–Crippen MR) is 213 cm³/mol. The van der Waals surface area contributed by atoms with Crippen LogP contribution in [-0.4, -0.2) is 56.3 Å². The zero-order chi connectivity index (χ0) is 40.2. The molecular weight excluding hydrogens is 732 g/mol. The van der Waals surface area contributed by atoms with E-state index < -0.39 is 42.8 Å². The molecule has 0 bridgehead atoms. The predicted octanol–water partition coefficient (Wildman–Crippen LogP) is 6.95. The Hall–Kier alpha value is -7.67. The first-order valence-corrected chi connectivity index (χ1v) is 17.7. The maximum Gasteiger partial charge on any atom is 0.341 e. The topological polar surface area (TPSA) is 189 Å². The van der Waals surface area contributed by atoms with E-state index >= 15 is 0 Å². The smallest absolute Gasteiger partial charge is 0.341 e. The first kappa shape index (κ1) is 37.6. The lowest BCUT2D eigenvalue weighted by Gasteiger charge is -2.10. The van der Waals surface area contributed by atoms with E-state index in [-0.39, 0.29) is 16.8 Å². The van der Waals surface area contributed by atoms with E-state index in [1.165, 1.54) is 12.1 Å². The summed E-state index contributed by atoms with van der Waals surface area (Å²) in [6, 6.07) is 37.9. The van der Waals surface area contributed by atoms with Crippen LogP contribution in [0, 0.1) is 5.82 Å². The summed E-state index contributed by atoms with van der Waals surface area (Å²) in [5, 5.41) is 20.1. The van der Waals surface area contributed by atoms with Crippen LogP contribution < -0.4 is 20.9 Å². The molecule has 13 heteroatoms. The van der Waals surface area contributed by atoms with Crippen molar-refractivity contribution in [3.05, 3.63) is 155 Å². The van der Waals surface area contributed by atoms with Crippen molar-refractivity contribution >= 4 is 67.4 Å². The molecule has 0 fully saturated rings. The number of nitrogens with two attached hydrogens (primary N) is 2. The van der Waals surface area contributed by atoms with Gasteiger partial charge in [0.2, 0.25) is 11.8 Å². The second-order valence-electron chi connectivity index (χ2n) is 13.1. The minimum Gasteiger partial charge on any atom is -0.481 e. The lowest BCUT2D eigenvalue weighted by Crippen LogP contribution is -2.11. The molecule has 12 nitrogen and oxygen atoms in total. The highest BCUT2D eigenvalue weighted by molar-refractivity contribution is 6.21. The van der Waals surface area contributed by atoms with Crippen LogP contribution in [0.4, 0.5) is 4.39 Å². The number of aliphatic carboxylic acids is 2. The number of ether oxygens (including phenoxy) is 2. The number of carboxylic acids is 2. The Bertz CT molecular complexity index is 2830. The summed E-state index contributed by atoms with van der Waals surface area (Å²) in [6.45, 7) is -0.123. The molecule has 0 atom stereocenters. The fourth-order valence-electron chi connectivity index (χ4n) is 7.15. The molecule has 0 saturated carbocycles. The highest BCUT2D eigenvalue weighted by atomic mass is 19.1. The molecule has 2 heterocycles. The maximum atomic E-state index is 15.0. The quantitative estimate of drug-likeness (QED) is 0.103. The van der Waals surface area contributed by atoms with E-state index in [2.05, 4.69) is 4.57 Å². The van der Waals surface area contributed by atoms with E-state index in [1.807, 2.05) is 78.9 Å². The van der Waals surface area contributed by atoms with Gasteiger partial charge in [-0.3, -0.25) is 9.59 Å². The Morgan fingerprint density at radius 1 is 0.509 bits per heavy atom. The average Bonchev–Trinajstić information content (AvgIpc) is 3.71. The summed E-state index contributed by atoms with van der Waals surface area (Å²) < 4.78 is 29.8. The molecule has 8 rings (SSSR count). The van der Waals surface area contributed by atoms with Gasteiger partial charge in [-0.05, 0) is 59.7 Å². The fraction of sp³-hybridized carbons (Fsp3) is 0.0909. The lowest BCUT2D eigenvalue weighted by atomic mass is 10.1. The van der Waals surface area contributed by atoms with Gasteiger partial charge in [0, 0.05) is 35.0 Å². The van der Waals surface area contributed by atoms with Crippen molar-refractivity contribution < 1.29 is 43.3 Å². The normalized spacial score (nSPS) is 11.0. The molecule has 0 aliphatic rings. The summed E-state index contributed by atoms with van der Waals surface area (Å²) in [5.41, 5.74) is 16.3. The molecule has 6 N–H and O–H groups in total. The van der Waals surface area contributed by atoms with Crippen LogP contribution in [0.1, 0.15) is 31.8 Å². The summed E-state index contributed by atoms with van der Waals surface area (Å²) in [6.07, 6.45) is 0. The minimum absolute atomic E-state index is 0.175. The van der Waals surface area contributed by atoms with Crippen molar-refractivity contribution in [1.29, 1.82) is 0 Å². The van der Waals surface area contributed by atoms with Crippen LogP contribution in [0.2, 0.25) is 0 Å². The van der Waals surface area contributed by atoms with Gasteiger partial charge in [-0.25, -0.2) is 14.0 Å². The van der Waals surface area contributed by atoms with Crippen LogP contribution >= 0.6 is 0 Å². The Kier molecular flexibility index (Phi) is 10.5. The highest BCUT2D eigenvalue weighted by Crippen LogP contribution is 2.40. The van der Waals surface area contributed by atoms with Gasteiger partial charge >= 0.3 is 11.9 Å². The van der Waals surface area contributed by atoms with E-state index in [0.29, 0.717) is 51.5 Å². The van der Waals surface area contributed by atoms with Gasteiger partial charge in [-0.2, -0.15) is 0 Å². The number of primary amides is 2.